The molecule has 2 aromatic carbocycles. The maximum Gasteiger partial charge on any atom is 0.411 e. The van der Waals surface area contributed by atoms with Crippen LogP contribution in [0.3, 0.4) is 0 Å². The smallest absolute Gasteiger partial charge is 0.411 e. The number of rotatable bonds is 6. The van der Waals surface area contributed by atoms with Crippen LogP contribution in [-0.4, -0.2) is 23.4 Å². The predicted molar refractivity (Wildman–Crippen MR) is 122 cm³/mol. The quantitative estimate of drug-likeness (QED) is 0.459. The van der Waals surface area contributed by atoms with Gasteiger partial charge in [0.2, 0.25) is 0 Å². The number of nitrogens with one attached hydrogen (secondary N) is 1. The van der Waals surface area contributed by atoms with Gasteiger partial charge in [-0.2, -0.15) is 0 Å². The first-order valence-corrected chi connectivity index (χ1v) is 10.9. The summed E-state index contributed by atoms with van der Waals surface area (Å²) < 4.78 is 13.2. The summed E-state index contributed by atoms with van der Waals surface area (Å²) in [5.41, 5.74) is 3.82. The van der Waals surface area contributed by atoms with Crippen molar-refractivity contribution in [2.24, 2.45) is 0 Å². The molecule has 3 aromatic rings. The predicted octanol–water partition coefficient (Wildman–Crippen LogP) is 7.04. The molecule has 1 aromatic heterocycles. The fraction of sp³-hybridized carbons (Fsp3) is 0.375. The van der Waals surface area contributed by atoms with Crippen LogP contribution in [0.1, 0.15) is 46.1 Å². The van der Waals surface area contributed by atoms with Gasteiger partial charge in [-0.05, 0) is 69.9 Å². The highest BCUT2D eigenvalue weighted by molar-refractivity contribution is 6.38. The maximum absolute atomic E-state index is 11.9. The normalized spacial score (nSPS) is 14.0. The Morgan fingerprint density at radius 3 is 2.53 bits per heavy atom. The summed E-state index contributed by atoms with van der Waals surface area (Å²) >= 11 is 6.88. The molecule has 1 saturated carbocycles. The molecule has 0 atom stereocenters. The number of halogens is 1. The molecular weight excluding hydrogens is 400 g/mol. The lowest BCUT2D eigenvalue weighted by molar-refractivity contribution is 0.130. The largest absolute Gasteiger partial charge is 0.494 e. The highest BCUT2D eigenvalue weighted by Gasteiger charge is 2.27. The number of benzene rings is 2. The molecule has 1 heterocycles. The number of carbonyl (C=O) groups excluding carboxylic acids is 1. The van der Waals surface area contributed by atoms with E-state index in [1.807, 2.05) is 57.2 Å². The van der Waals surface area contributed by atoms with Gasteiger partial charge in [0, 0.05) is 23.2 Å². The molecule has 0 bridgehead atoms. The Hall–Kier alpha value is -2.66. The van der Waals surface area contributed by atoms with Crippen LogP contribution in [-0.2, 0) is 4.74 Å². The van der Waals surface area contributed by atoms with Gasteiger partial charge < -0.3 is 14.0 Å². The van der Waals surface area contributed by atoms with Crippen molar-refractivity contribution in [1.29, 1.82) is 0 Å². The van der Waals surface area contributed by atoms with Crippen LogP contribution in [0, 0.1) is 0 Å². The van der Waals surface area contributed by atoms with Crippen molar-refractivity contribution in [3.63, 3.8) is 0 Å². The molecule has 6 heteroatoms. The molecule has 4 rings (SSSR count). The van der Waals surface area contributed by atoms with E-state index >= 15 is 0 Å². The molecule has 0 spiro atoms. The van der Waals surface area contributed by atoms with Crippen molar-refractivity contribution in [3.05, 3.63) is 47.5 Å². The van der Waals surface area contributed by atoms with E-state index in [1.165, 1.54) is 6.42 Å². The maximum atomic E-state index is 11.9. The molecule has 1 aliphatic rings. The summed E-state index contributed by atoms with van der Waals surface area (Å²) in [4.78, 5) is 11.9. The van der Waals surface area contributed by atoms with Crippen LogP contribution in [0.4, 0.5) is 10.5 Å². The van der Waals surface area contributed by atoms with E-state index in [0.717, 1.165) is 45.8 Å². The van der Waals surface area contributed by atoms with Crippen LogP contribution < -0.4 is 10.1 Å². The number of hydrogen-bond acceptors (Lipinski definition) is 3. The number of ether oxygens (including phenoxy) is 2. The van der Waals surface area contributed by atoms with E-state index < -0.39 is 6.09 Å². The monoisotopic (exact) mass is 426 g/mol. The van der Waals surface area contributed by atoms with Gasteiger partial charge in [0.25, 0.3) is 0 Å². The molecular formula is C24H27ClN2O3. The van der Waals surface area contributed by atoms with Gasteiger partial charge in [-0.15, -0.1) is 0 Å². The summed E-state index contributed by atoms with van der Waals surface area (Å²) in [6.07, 6.45) is 2.90. The Bertz CT molecular complexity index is 1050. The summed E-state index contributed by atoms with van der Waals surface area (Å²) in [5, 5.41) is 4.54. The van der Waals surface area contributed by atoms with Crippen LogP contribution in [0.25, 0.3) is 22.2 Å². The number of fused-ring (bicyclic) bond motifs is 1. The van der Waals surface area contributed by atoms with E-state index in [0.29, 0.717) is 18.3 Å². The lowest BCUT2D eigenvalue weighted by Crippen LogP contribution is -2.18. The van der Waals surface area contributed by atoms with Crippen LogP contribution >= 0.6 is 11.6 Å². The van der Waals surface area contributed by atoms with Gasteiger partial charge in [-0.1, -0.05) is 23.7 Å². The molecule has 1 N–H and O–H groups in total. The molecule has 1 aliphatic carbocycles. The Labute approximate surface area is 181 Å². The van der Waals surface area contributed by atoms with Crippen molar-refractivity contribution in [1.82, 2.24) is 4.57 Å². The van der Waals surface area contributed by atoms with E-state index in [4.69, 9.17) is 21.1 Å². The molecule has 5 nitrogen and oxygen atoms in total. The van der Waals surface area contributed by atoms with Gasteiger partial charge in [0.15, 0.2) is 0 Å². The third-order valence-electron chi connectivity index (χ3n) is 5.41. The van der Waals surface area contributed by atoms with Gasteiger partial charge >= 0.3 is 6.09 Å². The number of hydrogen-bond donors (Lipinski definition) is 1. The minimum absolute atomic E-state index is 0.164. The first kappa shape index (κ1) is 20.6. The third-order valence-corrected chi connectivity index (χ3v) is 5.79. The van der Waals surface area contributed by atoms with E-state index in [9.17, 15) is 4.79 Å². The van der Waals surface area contributed by atoms with Crippen LogP contribution in [0.2, 0.25) is 5.02 Å². The van der Waals surface area contributed by atoms with Crippen molar-refractivity contribution < 1.29 is 14.3 Å². The average molecular weight is 427 g/mol. The SMILES string of the molecule is CCOc1ccc2c(Cl)c(-c3ccc(NC(=O)OC(C)C)cc3)n(C3CCC3)c2c1. The highest BCUT2D eigenvalue weighted by Crippen LogP contribution is 2.45. The van der Waals surface area contributed by atoms with Crippen molar-refractivity contribution in [2.75, 3.05) is 11.9 Å². The van der Waals surface area contributed by atoms with Gasteiger partial charge in [0.05, 0.1) is 28.9 Å². The molecule has 30 heavy (non-hydrogen) atoms. The van der Waals surface area contributed by atoms with Crippen LogP contribution in [0.5, 0.6) is 5.75 Å². The number of carbonyl (C=O) groups is 1. The molecule has 1 fully saturated rings. The second-order valence-electron chi connectivity index (χ2n) is 7.89. The molecule has 1 amide bonds. The fourth-order valence-corrected chi connectivity index (χ4v) is 4.23. The minimum atomic E-state index is -0.456. The third kappa shape index (κ3) is 3.99. The molecule has 158 valence electrons. The van der Waals surface area contributed by atoms with Crippen molar-refractivity contribution in [2.45, 2.75) is 52.2 Å². The first-order chi connectivity index (χ1) is 14.5. The second kappa shape index (κ2) is 8.60. The zero-order valence-electron chi connectivity index (χ0n) is 17.6. The molecule has 0 unspecified atom stereocenters. The molecule has 0 saturated heterocycles. The van der Waals surface area contributed by atoms with Gasteiger partial charge in [-0.25, -0.2) is 4.79 Å². The topological polar surface area (TPSA) is 52.5 Å². The highest BCUT2D eigenvalue weighted by atomic mass is 35.5. The van der Waals surface area contributed by atoms with Gasteiger partial charge in [-0.3, -0.25) is 5.32 Å². The molecule has 0 radical (unpaired) electrons. The van der Waals surface area contributed by atoms with Crippen LogP contribution in [0.15, 0.2) is 42.5 Å². The Balaban J connectivity index is 1.72. The lowest BCUT2D eigenvalue weighted by atomic mass is 9.92. The first-order valence-electron chi connectivity index (χ1n) is 10.5. The number of nitrogens with zero attached hydrogens (tertiary/aromatic N) is 1. The number of amides is 1. The van der Waals surface area contributed by atoms with E-state index in [-0.39, 0.29) is 6.10 Å². The lowest BCUT2D eigenvalue weighted by Gasteiger charge is -2.30. The van der Waals surface area contributed by atoms with Crippen molar-refractivity contribution >= 4 is 34.3 Å². The fourth-order valence-electron chi connectivity index (χ4n) is 3.87. The summed E-state index contributed by atoms with van der Waals surface area (Å²) in [5.74, 6) is 0.856. The van der Waals surface area contributed by atoms with E-state index in [2.05, 4.69) is 16.0 Å². The standard InChI is InChI=1S/C24H27ClN2O3/c1-4-29-19-12-13-20-21(14-19)27(18-6-5-7-18)23(22(20)25)16-8-10-17(11-9-16)26-24(28)30-15(2)3/h8-15,18H,4-7H2,1-3H3,(H,26,28). The zero-order valence-corrected chi connectivity index (χ0v) is 18.3. The number of aromatic nitrogens is 1. The Kier molecular flexibility index (Phi) is 5.91. The average Bonchev–Trinajstić information content (AvgIpc) is 2.93. The summed E-state index contributed by atoms with van der Waals surface area (Å²) in [6.45, 7) is 6.26. The van der Waals surface area contributed by atoms with Gasteiger partial charge in [0.1, 0.15) is 5.75 Å². The molecule has 0 aliphatic heterocycles. The second-order valence-corrected chi connectivity index (χ2v) is 8.26. The Morgan fingerprint density at radius 2 is 1.93 bits per heavy atom. The minimum Gasteiger partial charge on any atom is -0.494 e. The van der Waals surface area contributed by atoms with E-state index in [1.54, 1.807) is 0 Å². The van der Waals surface area contributed by atoms with Crippen molar-refractivity contribution in [3.8, 4) is 17.0 Å². The summed E-state index contributed by atoms with van der Waals surface area (Å²) in [7, 11) is 0. The Morgan fingerprint density at radius 1 is 1.20 bits per heavy atom. The summed E-state index contributed by atoms with van der Waals surface area (Å²) in [6, 6.07) is 14.3. The number of anilines is 1. The zero-order chi connectivity index (χ0) is 21.3.